The maximum Gasteiger partial charge on any atom is 0.0448 e. The molecule has 0 amide bonds. The first-order chi connectivity index (χ1) is 5.08. The van der Waals surface area contributed by atoms with Gasteiger partial charge in [-0.3, -0.25) is 0 Å². The van der Waals surface area contributed by atoms with Crippen LogP contribution in [0.2, 0.25) is 25.7 Å². The molecule has 1 rings (SSSR count). The Kier molecular flexibility index (Phi) is 3.17. The highest BCUT2D eigenvalue weighted by atomic mass is 28.3. The second kappa shape index (κ2) is 3.75. The summed E-state index contributed by atoms with van der Waals surface area (Å²) in [5.41, 5.74) is 0. The fourth-order valence-electron chi connectivity index (χ4n) is 1.98. The summed E-state index contributed by atoms with van der Waals surface area (Å²) in [5, 5.41) is 0. The smallest absolute Gasteiger partial charge is 0.0448 e. The van der Waals surface area contributed by atoms with Crippen LogP contribution in [0.3, 0.4) is 0 Å². The Hall–Kier alpha value is 0.217. The lowest BCUT2D eigenvalue weighted by Gasteiger charge is -2.26. The summed E-state index contributed by atoms with van der Waals surface area (Å²) in [5.74, 6) is 1.88. The number of hydrogen-bond donors (Lipinski definition) is 0. The average molecular weight is 169 g/mol. The van der Waals surface area contributed by atoms with Crippen LogP contribution in [0, 0.1) is 5.92 Å². The highest BCUT2D eigenvalue weighted by Crippen LogP contribution is 2.32. The summed E-state index contributed by atoms with van der Waals surface area (Å²) in [7, 11) is -0.782. The third kappa shape index (κ3) is 3.95. The highest BCUT2D eigenvalue weighted by molar-refractivity contribution is 6.76. The Morgan fingerprint density at radius 3 is 2.00 bits per heavy atom. The van der Waals surface area contributed by atoms with Crippen LogP contribution in [0.15, 0.2) is 0 Å². The monoisotopic (exact) mass is 169 g/mol. The molecule has 65 valence electrons. The predicted molar refractivity (Wildman–Crippen MR) is 54.5 cm³/mol. The van der Waals surface area contributed by atoms with Crippen molar-refractivity contribution in [2.24, 2.45) is 0 Å². The van der Waals surface area contributed by atoms with E-state index < -0.39 is 8.07 Å². The quantitative estimate of drug-likeness (QED) is 0.551. The van der Waals surface area contributed by atoms with Crippen LogP contribution in [-0.4, -0.2) is 8.07 Å². The molecule has 1 aliphatic carbocycles. The van der Waals surface area contributed by atoms with Crippen molar-refractivity contribution in [2.75, 3.05) is 0 Å². The maximum absolute atomic E-state index is 2.48. The molecule has 1 heteroatoms. The van der Waals surface area contributed by atoms with Crippen molar-refractivity contribution in [3.63, 3.8) is 0 Å². The van der Waals surface area contributed by atoms with Crippen molar-refractivity contribution >= 4 is 8.07 Å². The lowest BCUT2D eigenvalue weighted by molar-refractivity contribution is 0.536. The second-order valence-electron chi connectivity index (χ2n) is 5.05. The predicted octanol–water partition coefficient (Wildman–Crippen LogP) is 3.86. The molecule has 11 heavy (non-hydrogen) atoms. The van der Waals surface area contributed by atoms with Crippen LogP contribution in [-0.2, 0) is 0 Å². The van der Waals surface area contributed by atoms with Gasteiger partial charge in [0.15, 0.2) is 0 Å². The molecule has 0 atom stereocenters. The van der Waals surface area contributed by atoms with Gasteiger partial charge in [0, 0.05) is 8.07 Å². The minimum absolute atomic E-state index is 0.782. The molecule has 0 aliphatic heterocycles. The molecule has 0 aromatic heterocycles. The molecule has 0 N–H and O–H groups in total. The van der Waals surface area contributed by atoms with Gasteiger partial charge in [-0.05, 0) is 18.8 Å². The molecule has 0 spiro atoms. The molecular weight excluding hydrogens is 148 g/mol. The summed E-state index contributed by atoms with van der Waals surface area (Å²) in [6, 6.07) is 1.49. The Bertz CT molecular complexity index is 107. The van der Waals surface area contributed by atoms with Crippen molar-refractivity contribution in [3.8, 4) is 0 Å². The van der Waals surface area contributed by atoms with E-state index in [-0.39, 0.29) is 0 Å². The lowest BCUT2D eigenvalue weighted by Crippen LogP contribution is -2.23. The van der Waals surface area contributed by atoms with Gasteiger partial charge in [-0.25, -0.2) is 0 Å². The minimum Gasteiger partial charge on any atom is -0.0695 e. The minimum atomic E-state index is -0.782. The van der Waals surface area contributed by atoms with Crippen molar-refractivity contribution < 1.29 is 0 Å². The first-order valence-corrected chi connectivity index (χ1v) is 8.62. The number of hydrogen-bond acceptors (Lipinski definition) is 0. The second-order valence-corrected chi connectivity index (χ2v) is 10.5. The molecule has 1 aliphatic rings. The first-order valence-electron chi connectivity index (χ1n) is 4.91. The first kappa shape index (κ1) is 9.31. The van der Waals surface area contributed by atoms with Gasteiger partial charge in [-0.2, -0.15) is 0 Å². The Balaban J connectivity index is 2.24. The molecule has 0 bridgehead atoms. The van der Waals surface area contributed by atoms with Crippen LogP contribution < -0.4 is 0 Å². The Morgan fingerprint density at radius 2 is 1.55 bits per heavy atom. The van der Waals surface area contributed by atoms with Gasteiger partial charge in [0.05, 0.1) is 0 Å². The highest BCUT2D eigenvalue weighted by Gasteiger charge is 2.21. The molecule has 0 unspecified atom stereocenters. The summed E-state index contributed by atoms with van der Waals surface area (Å²) in [6.45, 7) is 7.44. The standard InChI is InChI=1S/C10H21Si/c1-11(2,3)9-10-7-5-4-6-8-10/h4-9H2,1-3H3. The Morgan fingerprint density at radius 1 is 1.00 bits per heavy atom. The van der Waals surface area contributed by atoms with Gasteiger partial charge in [0.2, 0.25) is 0 Å². The zero-order valence-corrected chi connectivity index (χ0v) is 9.24. The van der Waals surface area contributed by atoms with Crippen LogP contribution >= 0.6 is 0 Å². The lowest BCUT2D eigenvalue weighted by atomic mass is 9.91. The topological polar surface area (TPSA) is 0 Å². The van der Waals surface area contributed by atoms with Gasteiger partial charge < -0.3 is 0 Å². The molecule has 1 fully saturated rings. The van der Waals surface area contributed by atoms with Gasteiger partial charge in [-0.1, -0.05) is 44.9 Å². The van der Waals surface area contributed by atoms with E-state index in [0.29, 0.717) is 0 Å². The maximum atomic E-state index is 2.48. The molecule has 0 aromatic carbocycles. The van der Waals surface area contributed by atoms with E-state index >= 15 is 0 Å². The fraction of sp³-hybridized carbons (Fsp3) is 0.900. The van der Waals surface area contributed by atoms with Crippen molar-refractivity contribution in [3.05, 3.63) is 5.92 Å². The fourth-order valence-corrected chi connectivity index (χ4v) is 3.83. The van der Waals surface area contributed by atoms with Gasteiger partial charge in [-0.15, -0.1) is 0 Å². The summed E-state index contributed by atoms with van der Waals surface area (Å²) < 4.78 is 0. The van der Waals surface area contributed by atoms with E-state index in [2.05, 4.69) is 19.6 Å². The van der Waals surface area contributed by atoms with Crippen molar-refractivity contribution in [2.45, 2.75) is 57.8 Å². The molecule has 1 saturated carbocycles. The SMILES string of the molecule is C[Si](C)(C)C[C]1CCCCC1. The van der Waals surface area contributed by atoms with E-state index in [1.807, 2.05) is 5.92 Å². The van der Waals surface area contributed by atoms with Crippen molar-refractivity contribution in [1.29, 1.82) is 0 Å². The third-order valence-corrected chi connectivity index (χ3v) is 3.90. The zero-order valence-electron chi connectivity index (χ0n) is 8.24. The average Bonchev–Trinajstić information content (AvgIpc) is 1.85. The molecule has 0 aromatic rings. The van der Waals surface area contributed by atoms with E-state index in [0.717, 1.165) is 0 Å². The largest absolute Gasteiger partial charge is 0.0695 e. The van der Waals surface area contributed by atoms with Crippen LogP contribution in [0.4, 0.5) is 0 Å². The molecule has 0 heterocycles. The van der Waals surface area contributed by atoms with Gasteiger partial charge >= 0.3 is 0 Å². The van der Waals surface area contributed by atoms with Crippen molar-refractivity contribution in [1.82, 2.24) is 0 Å². The van der Waals surface area contributed by atoms with E-state index in [1.54, 1.807) is 0 Å². The summed E-state index contributed by atoms with van der Waals surface area (Å²) >= 11 is 0. The van der Waals surface area contributed by atoms with Crippen LogP contribution in [0.25, 0.3) is 0 Å². The van der Waals surface area contributed by atoms with Gasteiger partial charge in [0.25, 0.3) is 0 Å². The van der Waals surface area contributed by atoms with E-state index in [1.165, 1.54) is 38.1 Å². The molecular formula is C10H21Si. The van der Waals surface area contributed by atoms with E-state index in [4.69, 9.17) is 0 Å². The third-order valence-electron chi connectivity index (χ3n) is 2.34. The Labute approximate surface area is 72.4 Å². The van der Waals surface area contributed by atoms with Crippen LogP contribution in [0.5, 0.6) is 0 Å². The van der Waals surface area contributed by atoms with Crippen LogP contribution in [0.1, 0.15) is 32.1 Å². The van der Waals surface area contributed by atoms with E-state index in [9.17, 15) is 0 Å². The molecule has 0 nitrogen and oxygen atoms in total. The summed E-state index contributed by atoms with van der Waals surface area (Å²) in [6.07, 6.45) is 7.32. The van der Waals surface area contributed by atoms with Gasteiger partial charge in [0.1, 0.15) is 0 Å². The normalized spacial score (nSPS) is 22.1. The molecule has 0 saturated heterocycles. The summed E-state index contributed by atoms with van der Waals surface area (Å²) in [4.78, 5) is 0. The number of rotatable bonds is 2. The zero-order chi connectivity index (χ0) is 8.32. The molecule has 1 radical (unpaired) electrons.